The lowest BCUT2D eigenvalue weighted by molar-refractivity contribution is 0.144. The molecule has 30 heavy (non-hydrogen) atoms. The van der Waals surface area contributed by atoms with Gasteiger partial charge >= 0.3 is 6.09 Å². The molecule has 0 aromatic heterocycles. The van der Waals surface area contributed by atoms with Crippen molar-refractivity contribution in [1.82, 2.24) is 5.32 Å². The van der Waals surface area contributed by atoms with Crippen molar-refractivity contribution >= 4 is 35.4 Å². The lowest BCUT2D eigenvalue weighted by Crippen LogP contribution is -2.26. The Hall–Kier alpha value is -2.82. The fourth-order valence-electron chi connectivity index (χ4n) is 3.68. The van der Waals surface area contributed by atoms with Crippen LogP contribution in [-0.2, 0) is 4.74 Å². The SMILES string of the molecule is O=C(NCC=Cc1c(Cl)cc(F)cc1Cl)OCC1c2ccccc2-c2ccccc21. The highest BCUT2D eigenvalue weighted by Crippen LogP contribution is 2.44. The average molecular weight is 442 g/mol. The molecule has 4 rings (SSSR count). The van der Waals surface area contributed by atoms with E-state index in [1.54, 1.807) is 12.2 Å². The first kappa shape index (κ1) is 20.5. The molecule has 0 saturated carbocycles. The first-order chi connectivity index (χ1) is 14.5. The van der Waals surface area contributed by atoms with Gasteiger partial charge in [0, 0.05) is 18.0 Å². The van der Waals surface area contributed by atoms with Crippen molar-refractivity contribution in [2.45, 2.75) is 5.92 Å². The first-order valence-corrected chi connectivity index (χ1v) is 10.2. The van der Waals surface area contributed by atoms with E-state index in [2.05, 4.69) is 29.6 Å². The molecule has 1 aliphatic rings. The maximum Gasteiger partial charge on any atom is 0.407 e. The van der Waals surface area contributed by atoms with E-state index in [-0.39, 0.29) is 29.1 Å². The highest BCUT2D eigenvalue weighted by atomic mass is 35.5. The molecule has 0 fully saturated rings. The van der Waals surface area contributed by atoms with E-state index in [1.165, 1.54) is 23.3 Å². The highest BCUT2D eigenvalue weighted by Gasteiger charge is 2.28. The van der Waals surface area contributed by atoms with Crippen molar-refractivity contribution in [1.29, 1.82) is 0 Å². The fourth-order valence-corrected chi connectivity index (χ4v) is 4.27. The van der Waals surface area contributed by atoms with Crippen LogP contribution >= 0.6 is 23.2 Å². The summed E-state index contributed by atoms with van der Waals surface area (Å²) in [4.78, 5) is 12.1. The minimum atomic E-state index is -0.516. The summed E-state index contributed by atoms with van der Waals surface area (Å²) in [7, 11) is 0. The molecule has 1 N–H and O–H groups in total. The summed E-state index contributed by atoms with van der Waals surface area (Å²) in [5, 5.41) is 3.08. The first-order valence-electron chi connectivity index (χ1n) is 9.44. The molecule has 152 valence electrons. The second kappa shape index (κ2) is 8.90. The molecule has 0 unspecified atom stereocenters. The number of fused-ring (bicyclic) bond motifs is 3. The van der Waals surface area contributed by atoms with Gasteiger partial charge in [-0.2, -0.15) is 0 Å². The number of nitrogens with one attached hydrogen (secondary N) is 1. The van der Waals surface area contributed by atoms with Crippen molar-refractivity contribution in [2.24, 2.45) is 0 Å². The Balaban J connectivity index is 1.35. The van der Waals surface area contributed by atoms with E-state index in [1.807, 2.05) is 24.3 Å². The zero-order chi connectivity index (χ0) is 21.1. The molecule has 0 spiro atoms. The zero-order valence-corrected chi connectivity index (χ0v) is 17.4. The Morgan fingerprint density at radius 2 is 1.57 bits per heavy atom. The van der Waals surface area contributed by atoms with Crippen LogP contribution in [0.2, 0.25) is 10.0 Å². The predicted octanol–water partition coefficient (Wildman–Crippen LogP) is 6.68. The third-order valence-electron chi connectivity index (χ3n) is 5.04. The van der Waals surface area contributed by atoms with Crippen LogP contribution in [0, 0.1) is 5.82 Å². The van der Waals surface area contributed by atoms with Crippen molar-refractivity contribution < 1.29 is 13.9 Å². The van der Waals surface area contributed by atoms with Crippen LogP contribution in [-0.4, -0.2) is 19.2 Å². The van der Waals surface area contributed by atoms with Crippen LogP contribution in [0.15, 0.2) is 66.7 Å². The Labute approximate surface area is 184 Å². The van der Waals surface area contributed by atoms with Crippen LogP contribution in [0.1, 0.15) is 22.6 Å². The minimum Gasteiger partial charge on any atom is -0.449 e. The quantitative estimate of drug-likeness (QED) is 0.479. The summed E-state index contributed by atoms with van der Waals surface area (Å²) in [6, 6.07) is 18.7. The molecule has 6 heteroatoms. The van der Waals surface area contributed by atoms with Gasteiger partial charge in [0.1, 0.15) is 12.4 Å². The summed E-state index contributed by atoms with van der Waals surface area (Å²) in [5.41, 5.74) is 5.17. The normalized spacial score (nSPS) is 12.6. The molecular formula is C24H18Cl2FNO2. The molecule has 0 bridgehead atoms. The summed E-state index contributed by atoms with van der Waals surface area (Å²) < 4.78 is 18.7. The number of halogens is 3. The number of ether oxygens (including phenoxy) is 1. The third-order valence-corrected chi connectivity index (χ3v) is 5.66. The van der Waals surface area contributed by atoms with Gasteiger partial charge in [-0.15, -0.1) is 0 Å². The Bertz CT molecular complexity index is 1060. The van der Waals surface area contributed by atoms with Crippen LogP contribution in [0.25, 0.3) is 17.2 Å². The zero-order valence-electron chi connectivity index (χ0n) is 15.9. The second-order valence-corrected chi connectivity index (χ2v) is 7.71. The van der Waals surface area contributed by atoms with Crippen molar-refractivity contribution in [3.05, 3.63) is 99.3 Å². The van der Waals surface area contributed by atoms with Crippen molar-refractivity contribution in [3.8, 4) is 11.1 Å². The van der Waals surface area contributed by atoms with Crippen molar-refractivity contribution in [3.63, 3.8) is 0 Å². The maximum absolute atomic E-state index is 13.2. The number of hydrogen-bond donors (Lipinski definition) is 1. The number of rotatable bonds is 5. The van der Waals surface area contributed by atoms with E-state index in [0.29, 0.717) is 5.56 Å². The second-order valence-electron chi connectivity index (χ2n) is 6.89. The maximum atomic E-state index is 13.2. The van der Waals surface area contributed by atoms with Gasteiger partial charge in [-0.25, -0.2) is 9.18 Å². The third kappa shape index (κ3) is 4.20. The minimum absolute atomic E-state index is 0.00974. The van der Waals surface area contributed by atoms with E-state index in [0.717, 1.165) is 11.1 Å². The van der Waals surface area contributed by atoms with Gasteiger partial charge in [0.05, 0.1) is 10.0 Å². The lowest BCUT2D eigenvalue weighted by atomic mass is 9.98. The summed E-state index contributed by atoms with van der Waals surface area (Å²) in [6.07, 6.45) is 2.79. The Kier molecular flexibility index (Phi) is 6.07. The molecular weight excluding hydrogens is 424 g/mol. The molecule has 0 radical (unpaired) electrons. The summed E-state index contributed by atoms with van der Waals surface area (Å²) >= 11 is 12.0. The molecule has 1 aliphatic carbocycles. The van der Waals surface area contributed by atoms with E-state index in [9.17, 15) is 9.18 Å². The number of amides is 1. The molecule has 3 aromatic rings. The molecule has 0 heterocycles. The highest BCUT2D eigenvalue weighted by molar-refractivity contribution is 6.37. The van der Waals surface area contributed by atoms with Crippen LogP contribution in [0.4, 0.5) is 9.18 Å². The monoisotopic (exact) mass is 441 g/mol. The van der Waals surface area contributed by atoms with Gasteiger partial charge in [0.25, 0.3) is 0 Å². The average Bonchev–Trinajstić information content (AvgIpc) is 3.05. The van der Waals surface area contributed by atoms with Crippen LogP contribution in [0.3, 0.4) is 0 Å². The Morgan fingerprint density at radius 3 is 2.17 bits per heavy atom. The number of hydrogen-bond acceptors (Lipinski definition) is 2. The van der Waals surface area contributed by atoms with Gasteiger partial charge in [0.15, 0.2) is 0 Å². The van der Waals surface area contributed by atoms with Crippen molar-refractivity contribution in [2.75, 3.05) is 13.2 Å². The number of carbonyl (C=O) groups excluding carboxylic acids is 1. The van der Waals surface area contributed by atoms with E-state index in [4.69, 9.17) is 27.9 Å². The molecule has 1 amide bonds. The smallest absolute Gasteiger partial charge is 0.407 e. The molecule has 0 saturated heterocycles. The van der Waals surface area contributed by atoms with Crippen LogP contribution < -0.4 is 5.32 Å². The number of benzene rings is 3. The van der Waals surface area contributed by atoms with Crippen LogP contribution in [0.5, 0.6) is 0 Å². The summed E-state index contributed by atoms with van der Waals surface area (Å²) in [6.45, 7) is 0.472. The predicted molar refractivity (Wildman–Crippen MR) is 119 cm³/mol. The number of carbonyl (C=O) groups is 1. The van der Waals surface area contributed by atoms with Gasteiger partial charge in [0.2, 0.25) is 0 Å². The van der Waals surface area contributed by atoms with Gasteiger partial charge in [-0.1, -0.05) is 83.9 Å². The molecule has 0 atom stereocenters. The van der Waals surface area contributed by atoms with E-state index >= 15 is 0 Å². The topological polar surface area (TPSA) is 38.3 Å². The number of alkyl carbamates (subject to hydrolysis) is 1. The molecule has 3 aromatic carbocycles. The fraction of sp³-hybridized carbons (Fsp3) is 0.125. The Morgan fingerprint density at radius 1 is 1.00 bits per heavy atom. The largest absolute Gasteiger partial charge is 0.449 e. The van der Waals surface area contributed by atoms with Gasteiger partial charge < -0.3 is 10.1 Å². The van der Waals surface area contributed by atoms with E-state index < -0.39 is 11.9 Å². The lowest BCUT2D eigenvalue weighted by Gasteiger charge is -2.14. The van der Waals surface area contributed by atoms with Gasteiger partial charge in [-0.05, 0) is 34.4 Å². The van der Waals surface area contributed by atoms with Gasteiger partial charge in [-0.3, -0.25) is 0 Å². The molecule has 0 aliphatic heterocycles. The standard InChI is InChI=1S/C24H18Cl2FNO2/c25-22-12-15(27)13-23(26)20(22)10-5-11-28-24(29)30-14-21-18-8-3-1-6-16(18)17-7-2-4-9-19(17)21/h1-10,12-13,21H,11,14H2,(H,28,29). The molecule has 3 nitrogen and oxygen atoms in total. The summed E-state index contributed by atoms with van der Waals surface area (Å²) in [5.74, 6) is -0.491.